The van der Waals surface area contributed by atoms with Crippen LogP contribution < -0.4 is 10.7 Å². The molecule has 20 heavy (non-hydrogen) atoms. The molecular weight excluding hydrogens is 365 g/mol. The molecule has 0 aliphatic heterocycles. The van der Waals surface area contributed by atoms with Crippen LogP contribution in [0.5, 0.6) is 0 Å². The van der Waals surface area contributed by atoms with E-state index in [4.69, 9.17) is 0 Å². The molecule has 0 bridgehead atoms. The van der Waals surface area contributed by atoms with E-state index in [2.05, 4.69) is 38.4 Å². The van der Waals surface area contributed by atoms with Crippen LogP contribution in [0.25, 0.3) is 0 Å². The maximum Gasteiger partial charge on any atom is 0.259 e. The van der Waals surface area contributed by atoms with Crippen molar-refractivity contribution in [3.63, 3.8) is 0 Å². The van der Waals surface area contributed by atoms with E-state index in [1.807, 2.05) is 54.6 Å². The van der Waals surface area contributed by atoms with Crippen LogP contribution >= 0.6 is 22.6 Å². The fourth-order valence-corrected chi connectivity index (χ4v) is 2.11. The number of anilines is 1. The summed E-state index contributed by atoms with van der Waals surface area (Å²) in [7, 11) is 0. The summed E-state index contributed by atoms with van der Waals surface area (Å²) in [5.41, 5.74) is 4.35. The summed E-state index contributed by atoms with van der Waals surface area (Å²) in [5.74, 6) is -0.185. The Hall–Kier alpha value is -1.89. The van der Waals surface area contributed by atoms with E-state index in [0.29, 0.717) is 0 Å². The number of hydrogen-bond donors (Lipinski definition) is 2. The predicted octanol–water partition coefficient (Wildman–Crippen LogP) is 2.85. The second kappa shape index (κ2) is 7.64. The van der Waals surface area contributed by atoms with Crippen LogP contribution in [0.1, 0.15) is 5.56 Å². The van der Waals surface area contributed by atoms with Gasteiger partial charge >= 0.3 is 0 Å². The molecule has 2 aromatic rings. The third kappa shape index (κ3) is 5.00. The largest absolute Gasteiger partial charge is 0.376 e. The molecule has 0 atom stereocenters. The molecule has 0 fully saturated rings. The summed E-state index contributed by atoms with van der Waals surface area (Å²) in [5, 5.41) is 6.94. The predicted molar refractivity (Wildman–Crippen MR) is 89.8 cm³/mol. The summed E-state index contributed by atoms with van der Waals surface area (Å²) in [6, 6.07) is 17.4. The van der Waals surface area contributed by atoms with Gasteiger partial charge in [-0.15, -0.1) is 0 Å². The van der Waals surface area contributed by atoms with Gasteiger partial charge in [0.2, 0.25) is 0 Å². The number of carbonyl (C=O) groups excluding carboxylic acids is 1. The lowest BCUT2D eigenvalue weighted by molar-refractivity contribution is -0.119. The van der Waals surface area contributed by atoms with Crippen molar-refractivity contribution >= 4 is 40.4 Å². The minimum absolute atomic E-state index is 0.185. The Morgan fingerprint density at radius 3 is 2.70 bits per heavy atom. The summed E-state index contributed by atoms with van der Waals surface area (Å²) < 4.78 is 1.13. The molecule has 1 amide bonds. The lowest BCUT2D eigenvalue weighted by Crippen LogP contribution is -2.25. The highest BCUT2D eigenvalue weighted by Gasteiger charge is 1.98. The van der Waals surface area contributed by atoms with Crippen LogP contribution in [-0.4, -0.2) is 18.7 Å². The highest BCUT2D eigenvalue weighted by molar-refractivity contribution is 14.1. The van der Waals surface area contributed by atoms with Crippen molar-refractivity contribution in [3.8, 4) is 0 Å². The molecule has 0 unspecified atom stereocenters. The molecule has 0 heterocycles. The topological polar surface area (TPSA) is 53.5 Å². The van der Waals surface area contributed by atoms with E-state index in [1.54, 1.807) is 6.21 Å². The maximum absolute atomic E-state index is 11.6. The van der Waals surface area contributed by atoms with Gasteiger partial charge in [-0.2, -0.15) is 5.10 Å². The Labute approximate surface area is 131 Å². The van der Waals surface area contributed by atoms with Gasteiger partial charge in [0.1, 0.15) is 0 Å². The van der Waals surface area contributed by atoms with Gasteiger partial charge in [0.15, 0.2) is 0 Å². The summed E-state index contributed by atoms with van der Waals surface area (Å²) in [4.78, 5) is 11.6. The summed E-state index contributed by atoms with van der Waals surface area (Å²) in [6.45, 7) is 0.188. The van der Waals surface area contributed by atoms with Crippen LogP contribution in [0.2, 0.25) is 0 Å². The summed E-state index contributed by atoms with van der Waals surface area (Å²) in [6.07, 6.45) is 1.63. The quantitative estimate of drug-likeness (QED) is 0.477. The first-order valence-corrected chi connectivity index (χ1v) is 7.18. The van der Waals surface area contributed by atoms with Gasteiger partial charge in [0, 0.05) is 9.26 Å². The van der Waals surface area contributed by atoms with Crippen molar-refractivity contribution in [1.82, 2.24) is 5.43 Å². The third-order valence-corrected chi connectivity index (χ3v) is 3.15. The fourth-order valence-electron chi connectivity index (χ4n) is 1.54. The number of hydrazone groups is 1. The lowest BCUT2D eigenvalue weighted by Gasteiger charge is -2.04. The normalized spacial score (nSPS) is 10.4. The second-order valence-corrected chi connectivity index (χ2v) is 5.31. The SMILES string of the molecule is O=C(CNc1ccccc1)N/N=C\c1cccc(I)c1. The molecule has 0 saturated carbocycles. The second-order valence-electron chi connectivity index (χ2n) is 4.07. The van der Waals surface area contributed by atoms with Crippen LogP contribution in [0.4, 0.5) is 5.69 Å². The van der Waals surface area contributed by atoms with E-state index >= 15 is 0 Å². The van der Waals surface area contributed by atoms with E-state index in [1.165, 1.54) is 0 Å². The van der Waals surface area contributed by atoms with Gasteiger partial charge in [-0.3, -0.25) is 4.79 Å². The Morgan fingerprint density at radius 1 is 1.15 bits per heavy atom. The van der Waals surface area contributed by atoms with Crippen molar-refractivity contribution in [1.29, 1.82) is 0 Å². The number of para-hydroxylation sites is 1. The Bertz CT molecular complexity index is 599. The highest BCUT2D eigenvalue weighted by Crippen LogP contribution is 2.05. The molecule has 0 radical (unpaired) electrons. The Morgan fingerprint density at radius 2 is 1.95 bits per heavy atom. The molecule has 0 saturated heterocycles. The van der Waals surface area contributed by atoms with Crippen LogP contribution in [0.15, 0.2) is 59.7 Å². The van der Waals surface area contributed by atoms with Crippen molar-refractivity contribution < 1.29 is 4.79 Å². The molecule has 0 aliphatic rings. The van der Waals surface area contributed by atoms with Gasteiger partial charge in [-0.1, -0.05) is 30.3 Å². The van der Waals surface area contributed by atoms with Crippen LogP contribution in [0, 0.1) is 3.57 Å². The monoisotopic (exact) mass is 379 g/mol. The fraction of sp³-hybridized carbons (Fsp3) is 0.0667. The van der Waals surface area contributed by atoms with Gasteiger partial charge < -0.3 is 5.32 Å². The molecule has 0 aliphatic carbocycles. The van der Waals surface area contributed by atoms with Gasteiger partial charge in [-0.25, -0.2) is 5.43 Å². The lowest BCUT2D eigenvalue weighted by atomic mass is 10.2. The molecule has 2 aromatic carbocycles. The van der Waals surface area contributed by atoms with E-state index in [0.717, 1.165) is 14.8 Å². The van der Waals surface area contributed by atoms with Gasteiger partial charge in [-0.05, 0) is 52.4 Å². The van der Waals surface area contributed by atoms with E-state index < -0.39 is 0 Å². The maximum atomic E-state index is 11.6. The number of rotatable bonds is 5. The van der Waals surface area contributed by atoms with Gasteiger partial charge in [0.25, 0.3) is 5.91 Å². The molecule has 2 N–H and O–H groups in total. The first-order valence-electron chi connectivity index (χ1n) is 6.10. The standard InChI is InChI=1S/C15H14IN3O/c16-13-6-4-5-12(9-13)10-18-19-15(20)11-17-14-7-2-1-3-8-14/h1-10,17H,11H2,(H,19,20)/b18-10-. The Balaban J connectivity index is 1.78. The molecule has 4 nitrogen and oxygen atoms in total. The zero-order valence-electron chi connectivity index (χ0n) is 10.7. The smallest absolute Gasteiger partial charge is 0.259 e. The summed E-state index contributed by atoms with van der Waals surface area (Å²) >= 11 is 2.23. The third-order valence-electron chi connectivity index (χ3n) is 2.48. The number of nitrogens with one attached hydrogen (secondary N) is 2. The minimum Gasteiger partial charge on any atom is -0.376 e. The number of nitrogens with zero attached hydrogens (tertiary/aromatic N) is 1. The molecular formula is C15H14IN3O. The minimum atomic E-state index is -0.185. The number of amides is 1. The number of hydrogen-bond acceptors (Lipinski definition) is 3. The van der Waals surface area contributed by atoms with Gasteiger partial charge in [0.05, 0.1) is 12.8 Å². The van der Waals surface area contributed by atoms with Crippen LogP contribution in [0.3, 0.4) is 0 Å². The molecule has 2 rings (SSSR count). The van der Waals surface area contributed by atoms with Crippen molar-refractivity contribution in [2.75, 3.05) is 11.9 Å². The number of benzene rings is 2. The van der Waals surface area contributed by atoms with E-state index in [-0.39, 0.29) is 12.5 Å². The Kier molecular flexibility index (Phi) is 5.55. The zero-order valence-corrected chi connectivity index (χ0v) is 12.9. The van der Waals surface area contributed by atoms with Crippen molar-refractivity contribution in [3.05, 3.63) is 63.7 Å². The molecule has 5 heteroatoms. The number of halogens is 1. The molecule has 102 valence electrons. The van der Waals surface area contributed by atoms with Crippen molar-refractivity contribution in [2.45, 2.75) is 0 Å². The first kappa shape index (κ1) is 14.5. The number of carbonyl (C=O) groups is 1. The first-order chi connectivity index (χ1) is 9.74. The van der Waals surface area contributed by atoms with Crippen LogP contribution in [-0.2, 0) is 4.79 Å². The van der Waals surface area contributed by atoms with Crippen molar-refractivity contribution in [2.24, 2.45) is 5.10 Å². The highest BCUT2D eigenvalue weighted by atomic mass is 127. The average Bonchev–Trinajstić information content (AvgIpc) is 2.46. The molecule has 0 spiro atoms. The molecule has 0 aromatic heterocycles. The average molecular weight is 379 g/mol. The van der Waals surface area contributed by atoms with E-state index in [9.17, 15) is 4.79 Å². The zero-order chi connectivity index (χ0) is 14.2.